The third-order valence-corrected chi connectivity index (χ3v) is 4.66. The van der Waals surface area contributed by atoms with Gasteiger partial charge in [0.15, 0.2) is 11.5 Å². The predicted octanol–water partition coefficient (Wildman–Crippen LogP) is 3.11. The Balaban J connectivity index is 2.12. The van der Waals surface area contributed by atoms with Crippen LogP contribution in [0.4, 0.5) is 0 Å². The molecule has 6 heteroatoms. The highest BCUT2D eigenvalue weighted by Gasteiger charge is 2.47. The van der Waals surface area contributed by atoms with Crippen molar-refractivity contribution in [3.8, 4) is 0 Å². The number of rotatable bonds is 5. The molecule has 0 saturated carbocycles. The summed E-state index contributed by atoms with van der Waals surface area (Å²) in [5, 5.41) is 5.32. The molecule has 0 bridgehead atoms. The molecule has 3 rings (SSSR count). The molecule has 1 heterocycles. The van der Waals surface area contributed by atoms with Gasteiger partial charge in [-0.25, -0.2) is 9.80 Å². The lowest BCUT2D eigenvalue weighted by atomic mass is 9.83. The molecule has 1 aliphatic heterocycles. The zero-order valence-corrected chi connectivity index (χ0v) is 16.1. The summed E-state index contributed by atoms with van der Waals surface area (Å²) >= 11 is 0. The van der Waals surface area contributed by atoms with E-state index in [1.807, 2.05) is 37.3 Å². The van der Waals surface area contributed by atoms with Crippen LogP contribution in [-0.2, 0) is 14.3 Å². The van der Waals surface area contributed by atoms with Gasteiger partial charge in [-0.05, 0) is 19.4 Å². The second kappa shape index (κ2) is 8.17. The van der Waals surface area contributed by atoms with E-state index in [1.54, 1.807) is 31.2 Å². The van der Waals surface area contributed by atoms with E-state index in [0.717, 1.165) is 16.1 Å². The van der Waals surface area contributed by atoms with E-state index in [0.29, 0.717) is 5.56 Å². The fourth-order valence-electron chi connectivity index (χ4n) is 3.32. The Hall–Kier alpha value is -3.28. The van der Waals surface area contributed by atoms with Crippen molar-refractivity contribution in [2.24, 2.45) is 5.10 Å². The lowest BCUT2D eigenvalue weighted by molar-refractivity contribution is -0.135. The molecule has 2 unspecified atom stereocenters. The third-order valence-electron chi connectivity index (χ3n) is 4.66. The molecular formula is C22H22N2O4. The SMILES string of the molecule is CCOC(=O)C1=NN(C(C)=O)C(C(=O)c2ccccc2)C1c1ccc(C)cc1. The zero-order valence-electron chi connectivity index (χ0n) is 16.1. The number of ether oxygens (including phenoxy) is 1. The number of hydrogen-bond acceptors (Lipinski definition) is 5. The van der Waals surface area contributed by atoms with Crippen LogP contribution in [0.25, 0.3) is 0 Å². The quantitative estimate of drug-likeness (QED) is 0.592. The lowest BCUT2D eigenvalue weighted by Crippen LogP contribution is -2.42. The topological polar surface area (TPSA) is 76.0 Å². The molecule has 6 nitrogen and oxygen atoms in total. The zero-order chi connectivity index (χ0) is 20.3. The summed E-state index contributed by atoms with van der Waals surface area (Å²) in [6, 6.07) is 15.3. The van der Waals surface area contributed by atoms with Gasteiger partial charge in [0.1, 0.15) is 6.04 Å². The second-order valence-electron chi connectivity index (χ2n) is 6.63. The molecule has 0 radical (unpaired) electrons. The molecule has 2 atom stereocenters. The highest BCUT2D eigenvalue weighted by atomic mass is 16.5. The average Bonchev–Trinajstić information content (AvgIpc) is 3.10. The van der Waals surface area contributed by atoms with Gasteiger partial charge >= 0.3 is 5.97 Å². The van der Waals surface area contributed by atoms with Gasteiger partial charge in [-0.3, -0.25) is 9.59 Å². The monoisotopic (exact) mass is 378 g/mol. The van der Waals surface area contributed by atoms with Crippen molar-refractivity contribution < 1.29 is 19.1 Å². The first-order valence-electron chi connectivity index (χ1n) is 9.15. The molecule has 0 aliphatic carbocycles. The molecule has 144 valence electrons. The third kappa shape index (κ3) is 3.71. The minimum absolute atomic E-state index is 0.0650. The summed E-state index contributed by atoms with van der Waals surface area (Å²) in [7, 11) is 0. The minimum atomic E-state index is -0.943. The van der Waals surface area contributed by atoms with E-state index in [-0.39, 0.29) is 18.1 Å². The van der Waals surface area contributed by atoms with E-state index in [1.165, 1.54) is 6.92 Å². The first-order chi connectivity index (χ1) is 13.4. The maximum atomic E-state index is 13.3. The Kier molecular flexibility index (Phi) is 5.68. The number of amides is 1. The van der Waals surface area contributed by atoms with Crippen LogP contribution in [0, 0.1) is 6.92 Å². The van der Waals surface area contributed by atoms with Crippen LogP contribution in [0.3, 0.4) is 0 Å². The highest BCUT2D eigenvalue weighted by Crippen LogP contribution is 2.34. The van der Waals surface area contributed by atoms with Crippen molar-refractivity contribution in [3.63, 3.8) is 0 Å². The van der Waals surface area contributed by atoms with Crippen molar-refractivity contribution in [2.75, 3.05) is 6.61 Å². The summed E-state index contributed by atoms with van der Waals surface area (Å²) in [5.41, 5.74) is 2.30. The van der Waals surface area contributed by atoms with Gasteiger partial charge in [0.2, 0.25) is 5.91 Å². The highest BCUT2D eigenvalue weighted by molar-refractivity contribution is 6.40. The molecule has 2 aromatic rings. The Bertz CT molecular complexity index is 919. The van der Waals surface area contributed by atoms with E-state index in [4.69, 9.17) is 4.74 Å². The number of aryl methyl sites for hydroxylation is 1. The van der Waals surface area contributed by atoms with Gasteiger partial charge < -0.3 is 4.74 Å². The smallest absolute Gasteiger partial charge is 0.355 e. The molecule has 1 aliphatic rings. The number of benzene rings is 2. The van der Waals surface area contributed by atoms with Crippen LogP contribution in [0.2, 0.25) is 0 Å². The van der Waals surface area contributed by atoms with Crippen molar-refractivity contribution >= 4 is 23.4 Å². The van der Waals surface area contributed by atoms with Gasteiger partial charge in [-0.2, -0.15) is 5.10 Å². The number of carbonyl (C=O) groups is 3. The van der Waals surface area contributed by atoms with Crippen LogP contribution < -0.4 is 0 Å². The molecule has 0 fully saturated rings. The molecule has 0 aromatic heterocycles. The molecule has 0 spiro atoms. The Morgan fingerprint density at radius 3 is 2.25 bits per heavy atom. The van der Waals surface area contributed by atoms with Crippen molar-refractivity contribution in [3.05, 3.63) is 71.3 Å². The average molecular weight is 378 g/mol. The van der Waals surface area contributed by atoms with Crippen LogP contribution >= 0.6 is 0 Å². The van der Waals surface area contributed by atoms with Gasteiger partial charge in [-0.15, -0.1) is 0 Å². The lowest BCUT2D eigenvalue weighted by Gasteiger charge is -2.25. The maximum absolute atomic E-state index is 13.3. The first-order valence-corrected chi connectivity index (χ1v) is 9.15. The van der Waals surface area contributed by atoms with Crippen LogP contribution in [0.1, 0.15) is 41.3 Å². The Labute approximate surface area is 163 Å². The molecular weight excluding hydrogens is 356 g/mol. The van der Waals surface area contributed by atoms with Crippen molar-refractivity contribution in [1.29, 1.82) is 0 Å². The standard InChI is InChI=1S/C22H22N2O4/c1-4-28-22(27)19-18(16-12-10-14(2)11-13-16)20(24(23-19)15(3)25)21(26)17-8-6-5-7-9-17/h5-13,18,20H,4H2,1-3H3. The number of carbonyl (C=O) groups excluding carboxylic acids is 3. The molecule has 1 amide bonds. The summed E-state index contributed by atoms with van der Waals surface area (Å²) < 4.78 is 5.14. The molecule has 0 saturated heterocycles. The van der Waals surface area contributed by atoms with Crippen LogP contribution in [0.5, 0.6) is 0 Å². The summed E-state index contributed by atoms with van der Waals surface area (Å²) in [6.45, 7) is 5.15. The molecule has 0 N–H and O–H groups in total. The van der Waals surface area contributed by atoms with Crippen LogP contribution in [0.15, 0.2) is 59.7 Å². The van der Waals surface area contributed by atoms with Crippen LogP contribution in [-0.4, -0.2) is 41.0 Å². The Morgan fingerprint density at radius 2 is 1.68 bits per heavy atom. The largest absolute Gasteiger partial charge is 0.461 e. The summed E-state index contributed by atoms with van der Waals surface area (Å²) in [5.74, 6) is -2.01. The van der Waals surface area contributed by atoms with Gasteiger partial charge in [0.05, 0.1) is 12.5 Å². The number of hydrazone groups is 1. The normalized spacial score (nSPS) is 18.5. The summed E-state index contributed by atoms with van der Waals surface area (Å²) in [4.78, 5) is 38.1. The number of esters is 1. The van der Waals surface area contributed by atoms with E-state index in [2.05, 4.69) is 5.10 Å². The number of Topliss-reactive ketones (excluding diaryl/α,β-unsaturated/α-hetero) is 1. The number of nitrogens with zero attached hydrogens (tertiary/aromatic N) is 2. The predicted molar refractivity (Wildman–Crippen MR) is 105 cm³/mol. The van der Waals surface area contributed by atoms with Crippen molar-refractivity contribution in [1.82, 2.24) is 5.01 Å². The Morgan fingerprint density at radius 1 is 1.04 bits per heavy atom. The number of ketones is 1. The van der Waals surface area contributed by atoms with Crippen molar-refractivity contribution in [2.45, 2.75) is 32.7 Å². The fraction of sp³-hybridized carbons (Fsp3) is 0.273. The maximum Gasteiger partial charge on any atom is 0.355 e. The molecule has 2 aromatic carbocycles. The van der Waals surface area contributed by atoms with Gasteiger partial charge in [-0.1, -0.05) is 60.2 Å². The summed E-state index contributed by atoms with van der Waals surface area (Å²) in [6.07, 6.45) is 0. The number of hydrogen-bond donors (Lipinski definition) is 0. The van der Waals surface area contributed by atoms with E-state index >= 15 is 0 Å². The first kappa shape index (κ1) is 19.5. The molecule has 28 heavy (non-hydrogen) atoms. The van der Waals surface area contributed by atoms with Gasteiger partial charge in [0.25, 0.3) is 0 Å². The van der Waals surface area contributed by atoms with E-state index < -0.39 is 23.8 Å². The van der Waals surface area contributed by atoms with Gasteiger partial charge in [0, 0.05) is 12.5 Å². The second-order valence-corrected chi connectivity index (χ2v) is 6.63. The fourth-order valence-corrected chi connectivity index (χ4v) is 3.32. The van der Waals surface area contributed by atoms with E-state index in [9.17, 15) is 14.4 Å². The minimum Gasteiger partial charge on any atom is -0.461 e.